The Bertz CT molecular complexity index is 1500. The molecule has 0 atom stereocenters. The van der Waals surface area contributed by atoms with Crippen LogP contribution in [-0.4, -0.2) is 43.7 Å². The molecule has 1 aliphatic heterocycles. The summed E-state index contributed by atoms with van der Waals surface area (Å²) in [6, 6.07) is 18.6. The molecule has 1 aliphatic rings. The SMILES string of the molecule is O=C(Nc1ccccc1)Nc1cnc(Oc2ccc(-c3cnn4ccc(N5CCC5)nc34)cc2)nc1. The lowest BCUT2D eigenvalue weighted by Gasteiger charge is -2.31. The Morgan fingerprint density at radius 1 is 0.861 bits per heavy atom. The summed E-state index contributed by atoms with van der Waals surface area (Å²) >= 11 is 0. The summed E-state index contributed by atoms with van der Waals surface area (Å²) in [4.78, 5) is 27.6. The highest BCUT2D eigenvalue weighted by Gasteiger charge is 2.17. The Hall–Kier alpha value is -4.99. The van der Waals surface area contributed by atoms with Crippen LogP contribution in [0.1, 0.15) is 6.42 Å². The lowest BCUT2D eigenvalue weighted by atomic mass is 10.1. The van der Waals surface area contributed by atoms with E-state index in [0.717, 1.165) is 35.7 Å². The molecule has 2 amide bonds. The van der Waals surface area contributed by atoms with Gasteiger partial charge in [0.2, 0.25) is 0 Å². The summed E-state index contributed by atoms with van der Waals surface area (Å²) in [5.41, 5.74) is 3.88. The third kappa shape index (κ3) is 4.51. The highest BCUT2D eigenvalue weighted by atomic mass is 16.5. The molecule has 2 N–H and O–H groups in total. The molecule has 0 spiro atoms. The summed E-state index contributed by atoms with van der Waals surface area (Å²) < 4.78 is 7.56. The normalized spacial score (nSPS) is 12.7. The van der Waals surface area contributed by atoms with E-state index >= 15 is 0 Å². The Labute approximate surface area is 206 Å². The number of aromatic nitrogens is 5. The minimum Gasteiger partial charge on any atom is -0.424 e. The summed E-state index contributed by atoms with van der Waals surface area (Å²) in [7, 11) is 0. The quantitative estimate of drug-likeness (QED) is 0.360. The predicted molar refractivity (Wildman–Crippen MR) is 136 cm³/mol. The average molecular weight is 479 g/mol. The predicted octanol–water partition coefficient (Wildman–Crippen LogP) is 4.83. The van der Waals surface area contributed by atoms with Gasteiger partial charge < -0.3 is 20.3 Å². The van der Waals surface area contributed by atoms with Gasteiger partial charge in [0.1, 0.15) is 11.6 Å². The van der Waals surface area contributed by atoms with Crippen LogP contribution in [0.2, 0.25) is 0 Å². The Morgan fingerprint density at radius 2 is 1.61 bits per heavy atom. The highest BCUT2D eigenvalue weighted by Crippen LogP contribution is 2.28. The first kappa shape index (κ1) is 21.5. The first-order chi connectivity index (χ1) is 17.7. The number of rotatable bonds is 6. The van der Waals surface area contributed by atoms with Crippen LogP contribution in [0.15, 0.2) is 85.5 Å². The maximum atomic E-state index is 12.1. The van der Waals surface area contributed by atoms with Crippen molar-refractivity contribution in [3.63, 3.8) is 0 Å². The van der Waals surface area contributed by atoms with Gasteiger partial charge in [-0.3, -0.25) is 0 Å². The van der Waals surface area contributed by atoms with Gasteiger partial charge in [-0.25, -0.2) is 24.3 Å². The van der Waals surface area contributed by atoms with Crippen molar-refractivity contribution >= 4 is 28.9 Å². The van der Waals surface area contributed by atoms with Crippen LogP contribution in [0.5, 0.6) is 11.8 Å². The maximum Gasteiger partial charge on any atom is 0.323 e. The van der Waals surface area contributed by atoms with Crippen molar-refractivity contribution in [3.05, 3.63) is 85.5 Å². The van der Waals surface area contributed by atoms with Gasteiger partial charge in [0.05, 0.1) is 24.3 Å². The van der Waals surface area contributed by atoms with Gasteiger partial charge in [0, 0.05) is 30.5 Å². The lowest BCUT2D eigenvalue weighted by molar-refractivity contribution is 0.262. The average Bonchev–Trinajstić information content (AvgIpc) is 3.29. The number of carbonyl (C=O) groups is 1. The van der Waals surface area contributed by atoms with Crippen LogP contribution >= 0.6 is 0 Å². The molecule has 0 aliphatic carbocycles. The molecule has 1 saturated heterocycles. The van der Waals surface area contributed by atoms with Crippen molar-refractivity contribution in [2.24, 2.45) is 0 Å². The molecule has 178 valence electrons. The van der Waals surface area contributed by atoms with Crippen LogP contribution in [0.3, 0.4) is 0 Å². The summed E-state index contributed by atoms with van der Waals surface area (Å²) in [6.45, 7) is 2.08. The van der Waals surface area contributed by atoms with E-state index in [4.69, 9.17) is 9.72 Å². The Balaban J connectivity index is 1.11. The van der Waals surface area contributed by atoms with Crippen molar-refractivity contribution < 1.29 is 9.53 Å². The molecule has 36 heavy (non-hydrogen) atoms. The fraction of sp³-hybridized carbons (Fsp3) is 0.115. The summed E-state index contributed by atoms with van der Waals surface area (Å²) in [5.74, 6) is 1.56. The molecule has 0 unspecified atom stereocenters. The second-order valence-corrected chi connectivity index (χ2v) is 8.28. The number of benzene rings is 2. The molecule has 6 rings (SSSR count). The zero-order valence-electron chi connectivity index (χ0n) is 19.2. The zero-order valence-corrected chi connectivity index (χ0v) is 19.2. The lowest BCUT2D eigenvalue weighted by Crippen LogP contribution is -2.37. The first-order valence-electron chi connectivity index (χ1n) is 11.5. The molecule has 1 fully saturated rings. The minimum atomic E-state index is -0.381. The van der Waals surface area contributed by atoms with Gasteiger partial charge in [0.15, 0.2) is 5.65 Å². The van der Waals surface area contributed by atoms with Crippen LogP contribution in [0, 0.1) is 0 Å². The van der Waals surface area contributed by atoms with E-state index in [-0.39, 0.29) is 12.0 Å². The minimum absolute atomic E-state index is 0.175. The summed E-state index contributed by atoms with van der Waals surface area (Å²) in [5, 5.41) is 9.86. The van der Waals surface area contributed by atoms with Gasteiger partial charge in [0.25, 0.3) is 0 Å². The third-order valence-electron chi connectivity index (χ3n) is 5.83. The molecular weight excluding hydrogens is 456 g/mol. The standard InChI is InChI=1S/C26H22N8O2/c35-25(30-19-5-2-1-3-6-19)31-20-15-27-26(28-16-20)36-21-9-7-18(8-10-21)22-17-29-34-14-11-23(32-24(22)34)33-12-4-13-33/h1-3,5-11,14-17H,4,12-13H2,(H2,30,31,35). The van der Waals surface area contributed by atoms with Crippen LogP contribution in [-0.2, 0) is 0 Å². The number of para-hydroxylation sites is 1. The molecular formula is C26H22N8O2. The van der Waals surface area contributed by atoms with Crippen molar-refractivity contribution in [3.8, 4) is 22.9 Å². The second kappa shape index (κ2) is 9.34. The van der Waals surface area contributed by atoms with Crippen LogP contribution in [0.25, 0.3) is 16.8 Å². The number of carbonyl (C=O) groups excluding carboxylic acids is 1. The molecule has 3 aromatic heterocycles. The van der Waals surface area contributed by atoms with Crippen LogP contribution < -0.4 is 20.3 Å². The Morgan fingerprint density at radius 3 is 2.33 bits per heavy atom. The van der Waals surface area contributed by atoms with Gasteiger partial charge >= 0.3 is 12.0 Å². The number of fused-ring (bicyclic) bond motifs is 1. The largest absolute Gasteiger partial charge is 0.424 e. The number of hydrogen-bond acceptors (Lipinski definition) is 7. The van der Waals surface area contributed by atoms with Crippen molar-refractivity contribution in [1.29, 1.82) is 0 Å². The van der Waals surface area contributed by atoms with E-state index < -0.39 is 0 Å². The number of urea groups is 1. The van der Waals surface area contributed by atoms with Crippen LogP contribution in [0.4, 0.5) is 22.0 Å². The molecule has 0 saturated carbocycles. The molecule has 4 heterocycles. The van der Waals surface area contributed by atoms with Gasteiger partial charge in [-0.15, -0.1) is 0 Å². The van der Waals surface area contributed by atoms with Crippen molar-refractivity contribution in [1.82, 2.24) is 24.6 Å². The summed E-state index contributed by atoms with van der Waals surface area (Å²) in [6.07, 6.45) is 7.94. The number of hydrogen-bond donors (Lipinski definition) is 2. The first-order valence-corrected chi connectivity index (χ1v) is 11.5. The number of anilines is 3. The van der Waals surface area contributed by atoms with E-state index in [2.05, 4.69) is 30.6 Å². The molecule has 0 bridgehead atoms. The molecule has 10 nitrogen and oxygen atoms in total. The van der Waals surface area contributed by atoms with E-state index in [1.54, 1.807) is 16.6 Å². The molecule has 0 radical (unpaired) electrons. The fourth-order valence-corrected chi connectivity index (χ4v) is 3.84. The van der Waals surface area contributed by atoms with E-state index in [1.165, 1.54) is 18.8 Å². The van der Waals surface area contributed by atoms with Gasteiger partial charge in [-0.05, 0) is 42.3 Å². The highest BCUT2D eigenvalue weighted by molar-refractivity contribution is 5.99. The number of amides is 2. The molecule has 5 aromatic rings. The number of nitrogens with zero attached hydrogens (tertiary/aromatic N) is 6. The smallest absolute Gasteiger partial charge is 0.323 e. The van der Waals surface area contributed by atoms with Gasteiger partial charge in [-0.2, -0.15) is 5.10 Å². The van der Waals surface area contributed by atoms with E-state index in [0.29, 0.717) is 17.1 Å². The maximum absolute atomic E-state index is 12.1. The van der Waals surface area contributed by atoms with Gasteiger partial charge in [-0.1, -0.05) is 30.3 Å². The topological polar surface area (TPSA) is 110 Å². The molecule has 10 heteroatoms. The number of nitrogens with one attached hydrogen (secondary N) is 2. The zero-order chi connectivity index (χ0) is 24.3. The fourth-order valence-electron chi connectivity index (χ4n) is 3.84. The third-order valence-corrected chi connectivity index (χ3v) is 5.83. The molecule has 2 aromatic carbocycles. The monoisotopic (exact) mass is 478 g/mol. The number of ether oxygens (including phenoxy) is 1. The van der Waals surface area contributed by atoms with E-state index in [9.17, 15) is 4.79 Å². The second-order valence-electron chi connectivity index (χ2n) is 8.28. The van der Waals surface area contributed by atoms with Crippen molar-refractivity contribution in [2.75, 3.05) is 28.6 Å². The Kier molecular flexibility index (Phi) is 5.59. The van der Waals surface area contributed by atoms with E-state index in [1.807, 2.05) is 60.9 Å². The van der Waals surface area contributed by atoms with Crippen molar-refractivity contribution in [2.45, 2.75) is 6.42 Å².